The van der Waals surface area contributed by atoms with E-state index in [1.165, 1.54) is 12.4 Å². The van der Waals surface area contributed by atoms with E-state index in [4.69, 9.17) is 4.74 Å². The number of hydrogen-bond donors (Lipinski definition) is 1. The summed E-state index contributed by atoms with van der Waals surface area (Å²) in [5.74, 6) is -0.119. The first-order valence-corrected chi connectivity index (χ1v) is 6.31. The first-order chi connectivity index (χ1) is 9.49. The summed E-state index contributed by atoms with van der Waals surface area (Å²) >= 11 is 0. The molecule has 0 atom stereocenters. The van der Waals surface area contributed by atoms with Gasteiger partial charge in [0.2, 0.25) is 5.88 Å². The molecule has 2 rings (SSSR count). The minimum Gasteiger partial charge on any atom is -0.478 e. The molecule has 5 heteroatoms. The van der Waals surface area contributed by atoms with Crippen LogP contribution < -0.4 is 4.74 Å². The lowest BCUT2D eigenvalue weighted by Gasteiger charge is -2.12. The molecule has 0 aliphatic carbocycles. The van der Waals surface area contributed by atoms with Gasteiger partial charge in [-0.3, -0.25) is 0 Å². The number of rotatable bonds is 4. The van der Waals surface area contributed by atoms with E-state index in [1.807, 2.05) is 13.8 Å². The Labute approximate surface area is 117 Å². The maximum atomic E-state index is 11.2. The van der Waals surface area contributed by atoms with Crippen molar-refractivity contribution in [3.8, 4) is 11.6 Å². The van der Waals surface area contributed by atoms with Crippen LogP contribution in [0.4, 0.5) is 0 Å². The van der Waals surface area contributed by atoms with E-state index in [2.05, 4.69) is 9.97 Å². The lowest BCUT2D eigenvalue weighted by atomic mass is 10.1. The SMILES string of the molecule is Cc1cccc(C(=O)O)c1Oc1cc(C(C)C)ncn1. The molecular formula is C15H16N2O3. The van der Waals surface area contributed by atoms with Crippen LogP contribution in [0.15, 0.2) is 30.6 Å². The third-order valence-corrected chi connectivity index (χ3v) is 2.90. The van der Waals surface area contributed by atoms with E-state index >= 15 is 0 Å². The van der Waals surface area contributed by atoms with Gasteiger partial charge in [0.15, 0.2) is 0 Å². The predicted octanol–water partition coefficient (Wildman–Crippen LogP) is 3.40. The Balaban J connectivity index is 2.40. The maximum absolute atomic E-state index is 11.2. The molecular weight excluding hydrogens is 256 g/mol. The zero-order valence-electron chi connectivity index (χ0n) is 11.6. The molecule has 0 spiro atoms. The summed E-state index contributed by atoms with van der Waals surface area (Å²) in [6.07, 6.45) is 1.42. The minimum absolute atomic E-state index is 0.120. The summed E-state index contributed by atoms with van der Waals surface area (Å²) in [5.41, 5.74) is 1.71. The smallest absolute Gasteiger partial charge is 0.339 e. The van der Waals surface area contributed by atoms with E-state index < -0.39 is 5.97 Å². The third kappa shape index (κ3) is 2.93. The topological polar surface area (TPSA) is 72.3 Å². The zero-order valence-corrected chi connectivity index (χ0v) is 11.6. The molecule has 1 heterocycles. The van der Waals surface area contributed by atoms with Gasteiger partial charge in [-0.15, -0.1) is 0 Å². The quantitative estimate of drug-likeness (QED) is 0.923. The van der Waals surface area contributed by atoms with Crippen LogP contribution in [0.25, 0.3) is 0 Å². The van der Waals surface area contributed by atoms with Gasteiger partial charge in [0.25, 0.3) is 0 Å². The van der Waals surface area contributed by atoms with Crippen LogP contribution in [0.2, 0.25) is 0 Å². The van der Waals surface area contributed by atoms with Gasteiger partial charge in [0.1, 0.15) is 17.6 Å². The Morgan fingerprint density at radius 2 is 2.05 bits per heavy atom. The molecule has 0 fully saturated rings. The largest absolute Gasteiger partial charge is 0.478 e. The Bertz CT molecular complexity index is 639. The molecule has 0 radical (unpaired) electrons. The fourth-order valence-electron chi connectivity index (χ4n) is 1.79. The van der Waals surface area contributed by atoms with Crippen LogP contribution in [-0.4, -0.2) is 21.0 Å². The van der Waals surface area contributed by atoms with Crippen molar-refractivity contribution >= 4 is 5.97 Å². The number of para-hydroxylation sites is 1. The Hall–Kier alpha value is -2.43. The highest BCUT2D eigenvalue weighted by atomic mass is 16.5. The number of carboxylic acids is 1. The number of aromatic carboxylic acids is 1. The molecule has 1 N–H and O–H groups in total. The molecule has 0 aliphatic heterocycles. The maximum Gasteiger partial charge on any atom is 0.339 e. The molecule has 0 saturated heterocycles. The number of carboxylic acid groups (broad SMARTS) is 1. The predicted molar refractivity (Wildman–Crippen MR) is 74.3 cm³/mol. The molecule has 104 valence electrons. The van der Waals surface area contributed by atoms with Gasteiger partial charge in [-0.05, 0) is 24.5 Å². The molecule has 0 aliphatic rings. The Morgan fingerprint density at radius 3 is 2.70 bits per heavy atom. The lowest BCUT2D eigenvalue weighted by molar-refractivity contribution is 0.0694. The fraction of sp³-hybridized carbons (Fsp3) is 0.267. The van der Waals surface area contributed by atoms with Gasteiger partial charge < -0.3 is 9.84 Å². The van der Waals surface area contributed by atoms with Gasteiger partial charge in [-0.2, -0.15) is 0 Å². The van der Waals surface area contributed by atoms with Gasteiger partial charge in [-0.25, -0.2) is 14.8 Å². The second-order valence-electron chi connectivity index (χ2n) is 4.79. The average Bonchev–Trinajstić information content (AvgIpc) is 2.41. The lowest BCUT2D eigenvalue weighted by Crippen LogP contribution is -2.03. The average molecular weight is 272 g/mol. The zero-order chi connectivity index (χ0) is 14.7. The van der Waals surface area contributed by atoms with Crippen LogP contribution in [0.1, 0.15) is 41.4 Å². The van der Waals surface area contributed by atoms with Crippen LogP contribution in [0.3, 0.4) is 0 Å². The minimum atomic E-state index is -1.03. The fourth-order valence-corrected chi connectivity index (χ4v) is 1.79. The molecule has 0 amide bonds. The highest BCUT2D eigenvalue weighted by molar-refractivity contribution is 5.91. The molecule has 0 saturated carbocycles. The first kappa shape index (κ1) is 14.0. The number of aryl methyl sites for hydroxylation is 1. The van der Waals surface area contributed by atoms with Gasteiger partial charge in [0, 0.05) is 6.07 Å². The second-order valence-corrected chi connectivity index (χ2v) is 4.79. The highest BCUT2D eigenvalue weighted by Crippen LogP contribution is 2.28. The van der Waals surface area contributed by atoms with Gasteiger partial charge in [0.05, 0.1) is 5.69 Å². The summed E-state index contributed by atoms with van der Waals surface area (Å²) in [6, 6.07) is 6.72. The monoisotopic (exact) mass is 272 g/mol. The number of nitrogens with zero attached hydrogens (tertiary/aromatic N) is 2. The van der Waals surface area contributed by atoms with Crippen molar-refractivity contribution in [3.63, 3.8) is 0 Å². The van der Waals surface area contributed by atoms with Crippen LogP contribution in [0, 0.1) is 6.92 Å². The van der Waals surface area contributed by atoms with Crippen molar-refractivity contribution < 1.29 is 14.6 Å². The van der Waals surface area contributed by atoms with Crippen LogP contribution in [0.5, 0.6) is 11.6 Å². The van der Waals surface area contributed by atoms with E-state index in [0.717, 1.165) is 11.3 Å². The van der Waals surface area contributed by atoms with Crippen molar-refractivity contribution in [2.75, 3.05) is 0 Å². The summed E-state index contributed by atoms with van der Waals surface area (Å²) in [4.78, 5) is 19.4. The van der Waals surface area contributed by atoms with E-state index in [9.17, 15) is 9.90 Å². The molecule has 2 aromatic rings. The number of benzene rings is 1. The Morgan fingerprint density at radius 1 is 1.30 bits per heavy atom. The summed E-state index contributed by atoms with van der Waals surface area (Å²) in [6.45, 7) is 5.83. The summed E-state index contributed by atoms with van der Waals surface area (Å²) < 4.78 is 5.66. The summed E-state index contributed by atoms with van der Waals surface area (Å²) in [5, 5.41) is 9.20. The van der Waals surface area contributed by atoms with Gasteiger partial charge >= 0.3 is 5.97 Å². The van der Waals surface area contributed by atoms with Crippen molar-refractivity contribution in [2.45, 2.75) is 26.7 Å². The molecule has 0 unspecified atom stereocenters. The number of ether oxygens (including phenoxy) is 1. The van der Waals surface area contributed by atoms with Crippen molar-refractivity contribution in [3.05, 3.63) is 47.4 Å². The standard InChI is InChI=1S/C15H16N2O3/c1-9(2)12-7-13(17-8-16-12)20-14-10(3)5-4-6-11(14)15(18)19/h4-9H,1-3H3,(H,18,19). The van der Waals surface area contributed by atoms with E-state index in [-0.39, 0.29) is 11.5 Å². The number of hydrogen-bond acceptors (Lipinski definition) is 4. The number of aromatic nitrogens is 2. The second kappa shape index (κ2) is 5.69. The van der Waals surface area contributed by atoms with Crippen molar-refractivity contribution in [2.24, 2.45) is 0 Å². The summed E-state index contributed by atoms with van der Waals surface area (Å²) in [7, 11) is 0. The van der Waals surface area contributed by atoms with Crippen molar-refractivity contribution in [1.29, 1.82) is 0 Å². The molecule has 20 heavy (non-hydrogen) atoms. The van der Waals surface area contributed by atoms with Crippen molar-refractivity contribution in [1.82, 2.24) is 9.97 Å². The van der Waals surface area contributed by atoms with E-state index in [0.29, 0.717) is 11.6 Å². The van der Waals surface area contributed by atoms with Crippen LogP contribution >= 0.6 is 0 Å². The first-order valence-electron chi connectivity index (χ1n) is 6.31. The van der Waals surface area contributed by atoms with Gasteiger partial charge in [-0.1, -0.05) is 26.0 Å². The highest BCUT2D eigenvalue weighted by Gasteiger charge is 2.15. The molecule has 1 aromatic carbocycles. The number of carbonyl (C=O) groups is 1. The molecule has 5 nitrogen and oxygen atoms in total. The molecule has 0 bridgehead atoms. The van der Waals surface area contributed by atoms with E-state index in [1.54, 1.807) is 25.1 Å². The molecule has 1 aromatic heterocycles. The Kier molecular flexibility index (Phi) is 3.98. The van der Waals surface area contributed by atoms with Crippen LogP contribution in [-0.2, 0) is 0 Å². The normalized spacial score (nSPS) is 10.6. The third-order valence-electron chi connectivity index (χ3n) is 2.90.